The van der Waals surface area contributed by atoms with Crippen LogP contribution in [-0.2, 0) is 4.79 Å². The van der Waals surface area contributed by atoms with Gasteiger partial charge in [-0.05, 0) is 43.6 Å². The van der Waals surface area contributed by atoms with E-state index in [1.807, 2.05) is 30.3 Å². The highest BCUT2D eigenvalue weighted by Gasteiger charge is 2.35. The Hall–Kier alpha value is -3.07. The number of H-pyrrole nitrogens is 1. The van der Waals surface area contributed by atoms with Crippen LogP contribution in [0.25, 0.3) is 10.9 Å². The molecule has 0 unspecified atom stereocenters. The minimum absolute atomic E-state index is 0.0309. The Bertz CT molecular complexity index is 1160. The number of aromatic amines is 1. The van der Waals surface area contributed by atoms with Crippen molar-refractivity contribution in [1.82, 2.24) is 25.8 Å². The highest BCUT2D eigenvalue weighted by atomic mass is 32.1. The van der Waals surface area contributed by atoms with Crippen molar-refractivity contribution in [3.8, 4) is 0 Å². The zero-order valence-electron chi connectivity index (χ0n) is 18.0. The van der Waals surface area contributed by atoms with Gasteiger partial charge in [-0.2, -0.15) is 0 Å². The number of para-hydroxylation sites is 1. The van der Waals surface area contributed by atoms with E-state index in [-0.39, 0.29) is 28.6 Å². The van der Waals surface area contributed by atoms with Crippen molar-refractivity contribution >= 4 is 34.9 Å². The number of amides is 2. The maximum absolute atomic E-state index is 13.1. The molecular weight excluding hydrogens is 426 g/mol. The van der Waals surface area contributed by atoms with Gasteiger partial charge in [0, 0.05) is 11.4 Å². The lowest BCUT2D eigenvalue weighted by atomic mass is 10.0. The second-order valence-electron chi connectivity index (χ2n) is 8.16. The summed E-state index contributed by atoms with van der Waals surface area (Å²) in [4.78, 5) is 30.7. The van der Waals surface area contributed by atoms with E-state index in [2.05, 4.69) is 32.7 Å². The van der Waals surface area contributed by atoms with Crippen LogP contribution in [-0.4, -0.2) is 39.1 Å². The summed E-state index contributed by atoms with van der Waals surface area (Å²) in [6, 6.07) is 10.4. The third-order valence-corrected chi connectivity index (χ3v) is 6.09. The van der Waals surface area contributed by atoms with Crippen molar-refractivity contribution in [1.29, 1.82) is 0 Å². The van der Waals surface area contributed by atoms with Gasteiger partial charge in [0.15, 0.2) is 0 Å². The van der Waals surface area contributed by atoms with Crippen LogP contribution >= 0.6 is 12.2 Å². The van der Waals surface area contributed by atoms with Crippen LogP contribution < -0.4 is 10.6 Å². The first-order valence-corrected chi connectivity index (χ1v) is 11.5. The predicted molar refractivity (Wildman–Crippen MR) is 123 cm³/mol. The molecule has 2 heterocycles. The smallest absolute Gasteiger partial charge is 0.284 e. The number of nitrogens with one attached hydrogen (secondary N) is 3. The number of pyridine rings is 1. The zero-order valence-corrected chi connectivity index (χ0v) is 18.8. The number of hydrogen-bond acceptors (Lipinski definition) is 6. The zero-order chi connectivity index (χ0) is 22.5. The van der Waals surface area contributed by atoms with Crippen LogP contribution in [0.2, 0.25) is 0 Å². The van der Waals surface area contributed by atoms with Crippen LogP contribution in [0.3, 0.4) is 0 Å². The Morgan fingerprint density at radius 3 is 2.88 bits per heavy atom. The molecule has 0 saturated heterocycles. The van der Waals surface area contributed by atoms with Crippen LogP contribution in [0.1, 0.15) is 67.7 Å². The van der Waals surface area contributed by atoms with Crippen molar-refractivity contribution in [3.05, 3.63) is 52.8 Å². The van der Waals surface area contributed by atoms with Crippen LogP contribution in [0.5, 0.6) is 0 Å². The van der Waals surface area contributed by atoms with Gasteiger partial charge in [-0.15, -0.1) is 5.10 Å². The highest BCUT2D eigenvalue weighted by Crippen LogP contribution is 2.33. The summed E-state index contributed by atoms with van der Waals surface area (Å²) in [6.07, 6.45) is 4.95. The first-order valence-electron chi connectivity index (χ1n) is 11.1. The summed E-state index contributed by atoms with van der Waals surface area (Å²) in [7, 11) is 0. The monoisotopic (exact) mass is 453 g/mol. The van der Waals surface area contributed by atoms with E-state index in [1.54, 1.807) is 6.07 Å². The Morgan fingerprint density at radius 2 is 2.09 bits per heavy atom. The molecule has 3 aromatic rings. The molecule has 32 heavy (non-hydrogen) atoms. The summed E-state index contributed by atoms with van der Waals surface area (Å²) in [6.45, 7) is 2.06. The maximum atomic E-state index is 13.1. The molecule has 1 aromatic carbocycles. The third-order valence-electron chi connectivity index (χ3n) is 5.91. The quantitative estimate of drug-likeness (QED) is 0.444. The predicted octanol–water partition coefficient (Wildman–Crippen LogP) is 4.02. The first kappa shape index (κ1) is 22.1. The fraction of sp³-hybridized carbons (Fsp3) is 0.435. The SMILES string of the molecule is CCCC[C@H](NC(=O)c1ccc2ccccc2n1)C(=O)N[C@H]1CCC[C@H]1c1n[nH]c(=S)o1. The minimum Gasteiger partial charge on any atom is -0.414 e. The van der Waals surface area contributed by atoms with Crippen LogP contribution in [0.15, 0.2) is 40.8 Å². The number of rotatable bonds is 8. The van der Waals surface area contributed by atoms with Gasteiger partial charge in [0.1, 0.15) is 11.7 Å². The highest BCUT2D eigenvalue weighted by molar-refractivity contribution is 7.71. The third kappa shape index (κ3) is 5.04. The summed E-state index contributed by atoms with van der Waals surface area (Å²) >= 11 is 4.98. The van der Waals surface area contributed by atoms with Crippen molar-refractivity contribution < 1.29 is 14.0 Å². The summed E-state index contributed by atoms with van der Waals surface area (Å²) < 4.78 is 5.48. The molecule has 3 N–H and O–H groups in total. The van der Waals surface area contributed by atoms with Gasteiger partial charge in [-0.3, -0.25) is 9.59 Å². The Balaban J connectivity index is 1.46. The Kier molecular flexibility index (Phi) is 6.94. The van der Waals surface area contributed by atoms with Crippen molar-refractivity contribution in [2.24, 2.45) is 0 Å². The molecule has 0 spiro atoms. The number of nitrogens with zero attached hydrogens (tertiary/aromatic N) is 2. The van der Waals surface area contributed by atoms with Gasteiger partial charge in [0.25, 0.3) is 10.7 Å². The van der Waals surface area contributed by atoms with E-state index in [4.69, 9.17) is 16.6 Å². The van der Waals surface area contributed by atoms with E-state index in [0.29, 0.717) is 18.0 Å². The second kappa shape index (κ2) is 10.0. The number of aromatic nitrogens is 3. The van der Waals surface area contributed by atoms with Gasteiger partial charge in [0.2, 0.25) is 11.8 Å². The molecular formula is C23H27N5O3S. The van der Waals surface area contributed by atoms with Gasteiger partial charge < -0.3 is 15.1 Å². The molecule has 1 aliphatic rings. The van der Waals surface area contributed by atoms with Gasteiger partial charge in [-0.25, -0.2) is 10.1 Å². The summed E-state index contributed by atoms with van der Waals surface area (Å²) in [5.74, 6) is -0.0597. The van der Waals surface area contributed by atoms with E-state index >= 15 is 0 Å². The lowest BCUT2D eigenvalue weighted by Crippen LogP contribution is -2.50. The number of carbonyl (C=O) groups is 2. The molecule has 1 aliphatic carbocycles. The van der Waals surface area contributed by atoms with Gasteiger partial charge in [0.05, 0.1) is 11.4 Å². The second-order valence-corrected chi connectivity index (χ2v) is 8.53. The molecule has 3 atom stereocenters. The maximum Gasteiger partial charge on any atom is 0.284 e. The number of unbranched alkanes of at least 4 members (excludes halogenated alkanes) is 1. The molecule has 0 bridgehead atoms. The first-order chi connectivity index (χ1) is 15.5. The van der Waals surface area contributed by atoms with Gasteiger partial charge in [-0.1, -0.05) is 50.5 Å². The molecule has 8 nitrogen and oxygen atoms in total. The fourth-order valence-corrected chi connectivity index (χ4v) is 4.34. The van der Waals surface area contributed by atoms with Crippen LogP contribution in [0.4, 0.5) is 0 Å². The molecule has 2 amide bonds. The number of carbonyl (C=O) groups excluding carboxylic acids is 2. The normalized spacial score (nSPS) is 19.0. The lowest BCUT2D eigenvalue weighted by Gasteiger charge is -2.23. The molecule has 9 heteroatoms. The van der Waals surface area contributed by atoms with E-state index in [1.165, 1.54) is 0 Å². The molecule has 0 radical (unpaired) electrons. The Morgan fingerprint density at radius 1 is 1.25 bits per heavy atom. The average molecular weight is 454 g/mol. The van der Waals surface area contributed by atoms with Crippen LogP contribution in [0, 0.1) is 4.84 Å². The topological polar surface area (TPSA) is 113 Å². The number of benzene rings is 1. The van der Waals surface area contributed by atoms with Gasteiger partial charge >= 0.3 is 0 Å². The van der Waals surface area contributed by atoms with E-state index in [0.717, 1.165) is 43.0 Å². The molecule has 2 aromatic heterocycles. The molecule has 168 valence electrons. The summed E-state index contributed by atoms with van der Waals surface area (Å²) in [5, 5.41) is 13.7. The van der Waals surface area contributed by atoms with E-state index < -0.39 is 6.04 Å². The van der Waals surface area contributed by atoms with Crippen molar-refractivity contribution in [2.75, 3.05) is 0 Å². The largest absolute Gasteiger partial charge is 0.414 e. The number of hydrogen-bond donors (Lipinski definition) is 3. The standard InChI is InChI=1S/C23H27N5O3S/c1-2-3-9-18(26-21(30)19-13-12-14-7-4-5-10-16(14)24-19)20(29)25-17-11-6-8-15(17)22-27-28-23(32)31-22/h4-5,7,10,12-13,15,17-18H,2-3,6,8-9,11H2,1H3,(H,25,29)(H,26,30)(H,28,32)/t15-,17+,18+/m1/s1. The summed E-state index contributed by atoms with van der Waals surface area (Å²) in [5.41, 5.74) is 1.04. The van der Waals surface area contributed by atoms with Crippen molar-refractivity contribution in [2.45, 2.75) is 63.5 Å². The lowest BCUT2D eigenvalue weighted by molar-refractivity contribution is -0.124. The van der Waals surface area contributed by atoms with E-state index in [9.17, 15) is 9.59 Å². The minimum atomic E-state index is -0.636. The molecule has 1 saturated carbocycles. The molecule has 0 aliphatic heterocycles. The van der Waals surface area contributed by atoms with Crippen molar-refractivity contribution in [3.63, 3.8) is 0 Å². The fourth-order valence-electron chi connectivity index (χ4n) is 4.21. The molecule has 4 rings (SSSR count). The molecule has 1 fully saturated rings. The Labute approximate surface area is 191 Å². The number of fused-ring (bicyclic) bond motifs is 1. The average Bonchev–Trinajstić information content (AvgIpc) is 3.44.